The van der Waals surface area contributed by atoms with Crippen molar-refractivity contribution in [3.63, 3.8) is 0 Å². The van der Waals surface area contributed by atoms with E-state index in [2.05, 4.69) is 10.3 Å². The van der Waals surface area contributed by atoms with Crippen LogP contribution in [0.4, 0.5) is 4.79 Å². The van der Waals surface area contributed by atoms with E-state index in [-0.39, 0.29) is 6.09 Å². The number of amides is 1. The predicted molar refractivity (Wildman–Crippen MR) is 89.4 cm³/mol. The SMILES string of the molecule is CC(C)(C)OC(=O)N1CCCC(CNCc2ncc(Cl)s2)C1. The van der Waals surface area contributed by atoms with Crippen LogP contribution in [0.5, 0.6) is 0 Å². The standard InChI is InChI=1S/C15H24ClN3O2S/c1-15(2,3)21-14(20)19-6-4-5-11(10-19)7-17-9-13-18-8-12(16)22-13/h8,11,17H,4-7,9-10H2,1-3H3. The van der Waals surface area contributed by atoms with Crippen LogP contribution >= 0.6 is 22.9 Å². The zero-order valence-electron chi connectivity index (χ0n) is 13.4. The summed E-state index contributed by atoms with van der Waals surface area (Å²) in [6.45, 7) is 8.82. The average molecular weight is 346 g/mol. The van der Waals surface area contributed by atoms with Gasteiger partial charge >= 0.3 is 6.09 Å². The van der Waals surface area contributed by atoms with Crippen molar-refractivity contribution in [1.29, 1.82) is 0 Å². The van der Waals surface area contributed by atoms with E-state index in [0.717, 1.165) is 44.0 Å². The fourth-order valence-electron chi connectivity index (χ4n) is 2.48. The monoisotopic (exact) mass is 345 g/mol. The molecule has 1 aliphatic rings. The van der Waals surface area contributed by atoms with Crippen molar-refractivity contribution < 1.29 is 9.53 Å². The van der Waals surface area contributed by atoms with Crippen LogP contribution in [-0.2, 0) is 11.3 Å². The van der Waals surface area contributed by atoms with E-state index in [1.807, 2.05) is 25.7 Å². The van der Waals surface area contributed by atoms with Crippen molar-refractivity contribution >= 4 is 29.0 Å². The summed E-state index contributed by atoms with van der Waals surface area (Å²) < 4.78 is 6.16. The van der Waals surface area contributed by atoms with E-state index >= 15 is 0 Å². The molecular formula is C15H24ClN3O2S. The lowest BCUT2D eigenvalue weighted by Crippen LogP contribution is -2.44. The molecule has 5 nitrogen and oxygen atoms in total. The first-order valence-electron chi connectivity index (χ1n) is 7.62. The molecule has 1 aromatic heterocycles. The molecule has 1 aliphatic heterocycles. The van der Waals surface area contributed by atoms with Crippen molar-refractivity contribution in [2.24, 2.45) is 5.92 Å². The number of halogens is 1. The van der Waals surface area contributed by atoms with E-state index < -0.39 is 5.60 Å². The van der Waals surface area contributed by atoms with Crippen molar-refractivity contribution in [2.45, 2.75) is 45.8 Å². The lowest BCUT2D eigenvalue weighted by Gasteiger charge is -2.34. The minimum absolute atomic E-state index is 0.205. The van der Waals surface area contributed by atoms with Crippen molar-refractivity contribution in [2.75, 3.05) is 19.6 Å². The summed E-state index contributed by atoms with van der Waals surface area (Å²) in [6.07, 6.45) is 3.62. The van der Waals surface area contributed by atoms with E-state index in [4.69, 9.17) is 16.3 Å². The number of carbonyl (C=O) groups excluding carboxylic acids is 1. The van der Waals surface area contributed by atoms with Crippen molar-refractivity contribution in [3.8, 4) is 0 Å². The lowest BCUT2D eigenvalue weighted by molar-refractivity contribution is 0.0166. The Morgan fingerprint density at radius 3 is 3.00 bits per heavy atom. The Labute approximate surface area is 141 Å². The molecule has 1 amide bonds. The van der Waals surface area contributed by atoms with E-state index in [0.29, 0.717) is 10.3 Å². The summed E-state index contributed by atoms with van der Waals surface area (Å²) in [4.78, 5) is 18.2. The number of aromatic nitrogens is 1. The second-order valence-electron chi connectivity index (χ2n) is 6.62. The zero-order chi connectivity index (χ0) is 16.2. The van der Waals surface area contributed by atoms with Gasteiger partial charge < -0.3 is 15.0 Å². The van der Waals surface area contributed by atoms with Crippen LogP contribution in [0.3, 0.4) is 0 Å². The van der Waals surface area contributed by atoms with Crippen LogP contribution in [0.2, 0.25) is 4.34 Å². The highest BCUT2D eigenvalue weighted by Gasteiger charge is 2.27. The maximum atomic E-state index is 12.1. The molecule has 0 spiro atoms. The lowest BCUT2D eigenvalue weighted by atomic mass is 9.98. The molecular weight excluding hydrogens is 322 g/mol. The number of ether oxygens (including phenoxy) is 1. The Hall–Kier alpha value is -0.850. The van der Waals surface area contributed by atoms with Gasteiger partial charge in [0.05, 0.1) is 6.20 Å². The molecule has 7 heteroatoms. The fraction of sp³-hybridized carbons (Fsp3) is 0.733. The van der Waals surface area contributed by atoms with Gasteiger partial charge in [-0.05, 0) is 39.5 Å². The Morgan fingerprint density at radius 2 is 2.36 bits per heavy atom. The molecule has 124 valence electrons. The summed E-state index contributed by atoms with van der Waals surface area (Å²) in [5.41, 5.74) is -0.438. The molecule has 0 bridgehead atoms. The third kappa shape index (κ3) is 5.74. The molecule has 2 rings (SSSR count). The normalized spacial score (nSPS) is 19.3. The summed E-state index contributed by atoms with van der Waals surface area (Å²) in [5.74, 6) is 0.455. The van der Waals surface area contributed by atoms with Gasteiger partial charge in [-0.25, -0.2) is 9.78 Å². The minimum atomic E-state index is -0.438. The number of hydrogen-bond acceptors (Lipinski definition) is 5. The molecule has 22 heavy (non-hydrogen) atoms. The first-order chi connectivity index (χ1) is 10.3. The Balaban J connectivity index is 1.74. The highest BCUT2D eigenvalue weighted by molar-refractivity contribution is 7.15. The van der Waals surface area contributed by atoms with Crippen molar-refractivity contribution in [1.82, 2.24) is 15.2 Å². The van der Waals surface area contributed by atoms with E-state index in [1.54, 1.807) is 6.20 Å². The number of piperidine rings is 1. The Morgan fingerprint density at radius 1 is 1.59 bits per heavy atom. The maximum Gasteiger partial charge on any atom is 0.410 e. The number of nitrogens with zero attached hydrogens (tertiary/aromatic N) is 2. The molecule has 0 saturated carbocycles. The van der Waals surface area contributed by atoms with Gasteiger partial charge in [0.15, 0.2) is 0 Å². The first-order valence-corrected chi connectivity index (χ1v) is 8.82. The van der Waals surface area contributed by atoms with Gasteiger partial charge in [0.25, 0.3) is 0 Å². The summed E-state index contributed by atoms with van der Waals surface area (Å²) in [5, 5.41) is 4.39. The number of hydrogen-bond donors (Lipinski definition) is 1. The molecule has 1 atom stereocenters. The van der Waals surface area contributed by atoms with Gasteiger partial charge in [-0.15, -0.1) is 11.3 Å². The number of nitrogens with one attached hydrogen (secondary N) is 1. The second-order valence-corrected chi connectivity index (χ2v) is 8.37. The van der Waals surface area contributed by atoms with Gasteiger partial charge in [-0.3, -0.25) is 0 Å². The average Bonchev–Trinajstić information content (AvgIpc) is 2.83. The van der Waals surface area contributed by atoms with Crippen LogP contribution in [0.15, 0.2) is 6.20 Å². The molecule has 0 radical (unpaired) electrons. The second kappa shape index (κ2) is 7.62. The third-order valence-electron chi connectivity index (χ3n) is 3.41. The summed E-state index contributed by atoms with van der Waals surface area (Å²) in [7, 11) is 0. The number of carbonyl (C=O) groups is 1. The van der Waals surface area contributed by atoms with Gasteiger partial charge in [-0.1, -0.05) is 11.6 Å². The molecule has 1 aromatic rings. The van der Waals surface area contributed by atoms with Crippen LogP contribution in [0, 0.1) is 5.92 Å². The van der Waals surface area contributed by atoms with Gasteiger partial charge in [-0.2, -0.15) is 0 Å². The highest BCUT2D eigenvalue weighted by Crippen LogP contribution is 2.20. The summed E-state index contributed by atoms with van der Waals surface area (Å²) >= 11 is 7.36. The number of thiazole rings is 1. The molecule has 0 aromatic carbocycles. The molecule has 1 unspecified atom stereocenters. The maximum absolute atomic E-state index is 12.1. The van der Waals surface area contributed by atoms with Crippen LogP contribution in [0.25, 0.3) is 0 Å². The predicted octanol–water partition coefficient (Wildman–Crippen LogP) is 3.53. The molecule has 1 N–H and O–H groups in total. The number of rotatable bonds is 4. The molecule has 1 saturated heterocycles. The highest BCUT2D eigenvalue weighted by atomic mass is 35.5. The zero-order valence-corrected chi connectivity index (χ0v) is 15.0. The molecule has 1 fully saturated rings. The molecule has 0 aliphatic carbocycles. The Kier molecular flexibility index (Phi) is 6.06. The van der Waals surface area contributed by atoms with Gasteiger partial charge in [0, 0.05) is 26.2 Å². The van der Waals surface area contributed by atoms with Gasteiger partial charge in [0.1, 0.15) is 14.9 Å². The largest absolute Gasteiger partial charge is 0.444 e. The quantitative estimate of drug-likeness (QED) is 0.906. The summed E-state index contributed by atoms with van der Waals surface area (Å²) in [6, 6.07) is 0. The van der Waals surface area contributed by atoms with E-state index in [9.17, 15) is 4.79 Å². The van der Waals surface area contributed by atoms with Crippen LogP contribution < -0.4 is 5.32 Å². The molecule has 2 heterocycles. The third-order valence-corrected chi connectivity index (χ3v) is 4.52. The van der Waals surface area contributed by atoms with Crippen LogP contribution in [0.1, 0.15) is 38.6 Å². The fourth-order valence-corrected chi connectivity index (χ4v) is 3.40. The first kappa shape index (κ1) is 17.5. The van der Waals surface area contributed by atoms with Crippen LogP contribution in [-0.4, -0.2) is 41.2 Å². The topological polar surface area (TPSA) is 54.5 Å². The Bertz CT molecular complexity index is 501. The van der Waals surface area contributed by atoms with Gasteiger partial charge in [0.2, 0.25) is 0 Å². The van der Waals surface area contributed by atoms with Crippen molar-refractivity contribution in [3.05, 3.63) is 15.5 Å². The van der Waals surface area contributed by atoms with E-state index in [1.165, 1.54) is 11.3 Å². The smallest absolute Gasteiger partial charge is 0.410 e. The minimum Gasteiger partial charge on any atom is -0.444 e. The number of likely N-dealkylation sites (tertiary alicyclic amines) is 1.